The highest BCUT2D eigenvalue weighted by Gasteiger charge is 2.20. The quantitative estimate of drug-likeness (QED) is 0.215. The van der Waals surface area contributed by atoms with Gasteiger partial charge in [0, 0.05) is 36.8 Å². The Kier molecular flexibility index (Phi) is 11.7. The number of piperidine rings is 1. The average molecular weight is 572 g/mol. The van der Waals surface area contributed by atoms with Gasteiger partial charge in [0.15, 0.2) is 0 Å². The van der Waals surface area contributed by atoms with Gasteiger partial charge in [0.25, 0.3) is 0 Å². The lowest BCUT2D eigenvalue weighted by Gasteiger charge is -2.32. The van der Waals surface area contributed by atoms with Crippen LogP contribution in [0.2, 0.25) is 20.1 Å². The van der Waals surface area contributed by atoms with Crippen LogP contribution in [0.4, 0.5) is 10.5 Å². The van der Waals surface area contributed by atoms with Crippen LogP contribution < -0.4 is 16.0 Å². The number of hydrogen-bond acceptors (Lipinski definition) is 3. The van der Waals surface area contributed by atoms with E-state index < -0.39 is 0 Å². The van der Waals surface area contributed by atoms with Crippen LogP contribution in [0, 0.1) is 0 Å². The summed E-state index contributed by atoms with van der Waals surface area (Å²) in [6.07, 6.45) is 8.05. The number of halogens is 4. The van der Waals surface area contributed by atoms with Crippen LogP contribution in [-0.4, -0.2) is 49.1 Å². The Balaban J connectivity index is 1.23. The first kappa shape index (κ1) is 28.6. The van der Waals surface area contributed by atoms with Crippen molar-refractivity contribution in [3.8, 4) is 0 Å². The lowest BCUT2D eigenvalue weighted by molar-refractivity contribution is -0.116. The molecular weight excluding hydrogens is 542 g/mol. The number of carbonyl (C=O) groups excluding carboxylic acids is 2. The maximum Gasteiger partial charge on any atom is 0.319 e. The highest BCUT2D eigenvalue weighted by molar-refractivity contribution is 6.42. The molecular formula is C26H30Cl4N4O2. The molecule has 2 aromatic rings. The molecule has 3 amide bonds. The third-order valence-electron chi connectivity index (χ3n) is 5.92. The van der Waals surface area contributed by atoms with Crippen LogP contribution in [0.5, 0.6) is 0 Å². The zero-order valence-corrected chi connectivity index (χ0v) is 22.9. The summed E-state index contributed by atoms with van der Waals surface area (Å²) < 4.78 is 0. The molecule has 0 spiro atoms. The summed E-state index contributed by atoms with van der Waals surface area (Å²) in [4.78, 5) is 26.7. The second-order valence-corrected chi connectivity index (χ2v) is 10.4. The van der Waals surface area contributed by atoms with Crippen molar-refractivity contribution in [1.82, 2.24) is 15.5 Å². The van der Waals surface area contributed by atoms with E-state index in [0.29, 0.717) is 32.3 Å². The lowest BCUT2D eigenvalue weighted by atomic mass is 10.0. The maximum absolute atomic E-state index is 12.3. The Morgan fingerprint density at radius 3 is 2.42 bits per heavy atom. The molecule has 0 bridgehead atoms. The van der Waals surface area contributed by atoms with Crippen molar-refractivity contribution in [3.05, 3.63) is 68.1 Å². The number of amides is 3. The molecule has 6 nitrogen and oxygen atoms in total. The Morgan fingerprint density at radius 1 is 0.917 bits per heavy atom. The summed E-state index contributed by atoms with van der Waals surface area (Å²) in [5.41, 5.74) is 1.32. The fraction of sp³-hybridized carbons (Fsp3) is 0.385. The van der Waals surface area contributed by atoms with Crippen LogP contribution in [0.1, 0.15) is 37.7 Å². The van der Waals surface area contributed by atoms with Gasteiger partial charge in [0.05, 0.1) is 20.8 Å². The van der Waals surface area contributed by atoms with E-state index in [9.17, 15) is 9.59 Å². The van der Waals surface area contributed by atoms with Gasteiger partial charge in [-0.25, -0.2) is 4.79 Å². The first-order chi connectivity index (χ1) is 17.3. The van der Waals surface area contributed by atoms with E-state index in [0.717, 1.165) is 57.3 Å². The molecule has 10 heteroatoms. The van der Waals surface area contributed by atoms with Gasteiger partial charge >= 0.3 is 6.03 Å². The van der Waals surface area contributed by atoms with E-state index in [2.05, 4.69) is 20.9 Å². The molecule has 2 aromatic carbocycles. The number of unbranched alkanes of at least 4 members (excludes halogenated alkanes) is 2. The summed E-state index contributed by atoms with van der Waals surface area (Å²) in [6, 6.07) is 10.1. The van der Waals surface area contributed by atoms with Crippen molar-refractivity contribution in [2.24, 2.45) is 0 Å². The normalized spacial score (nSPS) is 14.7. The fourth-order valence-electron chi connectivity index (χ4n) is 3.93. The third kappa shape index (κ3) is 9.83. The predicted octanol–water partition coefficient (Wildman–Crippen LogP) is 6.89. The van der Waals surface area contributed by atoms with E-state index >= 15 is 0 Å². The van der Waals surface area contributed by atoms with E-state index in [1.165, 1.54) is 6.08 Å². The molecule has 1 fully saturated rings. The van der Waals surface area contributed by atoms with Crippen LogP contribution in [0.3, 0.4) is 0 Å². The maximum atomic E-state index is 12.3. The number of likely N-dealkylation sites (tertiary alicyclic amines) is 1. The van der Waals surface area contributed by atoms with Gasteiger partial charge in [0.2, 0.25) is 5.91 Å². The minimum Gasteiger partial charge on any atom is -0.353 e. The second-order valence-electron chi connectivity index (χ2n) is 8.70. The molecule has 0 saturated carbocycles. The topological polar surface area (TPSA) is 73.5 Å². The number of carbonyl (C=O) groups is 2. The molecule has 0 atom stereocenters. The number of urea groups is 1. The van der Waals surface area contributed by atoms with Crippen LogP contribution in [0.25, 0.3) is 6.08 Å². The highest BCUT2D eigenvalue weighted by atomic mass is 35.5. The SMILES string of the molecule is O=C(/C=C/c1ccc(Cl)c(Cl)c1)NCCCCCN1CCC(NC(=O)Nc2cc(Cl)ccc2Cl)CC1. The van der Waals surface area contributed by atoms with Gasteiger partial charge in [-0.3, -0.25) is 4.79 Å². The third-order valence-corrected chi connectivity index (χ3v) is 7.22. The largest absolute Gasteiger partial charge is 0.353 e. The molecule has 0 unspecified atom stereocenters. The molecule has 3 N–H and O–H groups in total. The van der Waals surface area contributed by atoms with E-state index in [4.69, 9.17) is 46.4 Å². The van der Waals surface area contributed by atoms with Crippen LogP contribution in [0.15, 0.2) is 42.5 Å². The van der Waals surface area contributed by atoms with E-state index in [-0.39, 0.29) is 18.0 Å². The Hall–Kier alpha value is -1.96. The first-order valence-electron chi connectivity index (χ1n) is 12.0. The van der Waals surface area contributed by atoms with Gasteiger partial charge < -0.3 is 20.9 Å². The minimum absolute atomic E-state index is 0.127. The lowest BCUT2D eigenvalue weighted by Crippen LogP contribution is -2.46. The first-order valence-corrected chi connectivity index (χ1v) is 13.5. The second kappa shape index (κ2) is 14.7. The van der Waals surface area contributed by atoms with Crippen molar-refractivity contribution in [2.75, 3.05) is 31.5 Å². The van der Waals surface area contributed by atoms with E-state index in [1.807, 2.05) is 6.07 Å². The van der Waals surface area contributed by atoms with Crippen LogP contribution in [-0.2, 0) is 4.79 Å². The summed E-state index contributed by atoms with van der Waals surface area (Å²) in [5.74, 6) is -0.127. The van der Waals surface area contributed by atoms with Gasteiger partial charge in [-0.15, -0.1) is 0 Å². The van der Waals surface area contributed by atoms with Gasteiger partial charge in [-0.1, -0.05) is 58.9 Å². The zero-order valence-electron chi connectivity index (χ0n) is 19.8. The van der Waals surface area contributed by atoms with Crippen LogP contribution >= 0.6 is 46.4 Å². The Labute approximate surface area is 232 Å². The standard InChI is InChI=1S/C26H30Cl4N4O2/c27-19-6-8-22(29)24(17-19)33-26(36)32-20-10-14-34(15-11-20)13-3-1-2-12-31-25(35)9-5-18-4-7-21(28)23(30)16-18/h4-9,16-17,20H,1-3,10-15H2,(H,31,35)(H2,32,33,36)/b9-5+. The molecule has 36 heavy (non-hydrogen) atoms. The van der Waals surface area contributed by atoms with Gasteiger partial charge in [-0.05, 0) is 74.2 Å². The molecule has 1 aliphatic rings. The van der Waals surface area contributed by atoms with Crippen molar-refractivity contribution in [1.29, 1.82) is 0 Å². The molecule has 0 aliphatic carbocycles. The van der Waals surface area contributed by atoms with Crippen molar-refractivity contribution >= 4 is 70.1 Å². The number of benzene rings is 2. The summed E-state index contributed by atoms with van der Waals surface area (Å²) in [6.45, 7) is 3.54. The molecule has 1 heterocycles. The average Bonchev–Trinajstić information content (AvgIpc) is 2.85. The van der Waals surface area contributed by atoms with Crippen molar-refractivity contribution in [3.63, 3.8) is 0 Å². The fourth-order valence-corrected chi connectivity index (χ4v) is 4.58. The van der Waals surface area contributed by atoms with E-state index in [1.54, 1.807) is 36.4 Å². The number of rotatable bonds is 10. The van der Waals surface area contributed by atoms with Crippen molar-refractivity contribution in [2.45, 2.75) is 38.1 Å². The van der Waals surface area contributed by atoms with Crippen molar-refractivity contribution < 1.29 is 9.59 Å². The molecule has 194 valence electrons. The number of hydrogen-bond donors (Lipinski definition) is 3. The van der Waals surface area contributed by atoms with Gasteiger partial charge in [0.1, 0.15) is 0 Å². The molecule has 3 rings (SSSR count). The Morgan fingerprint density at radius 2 is 1.67 bits per heavy atom. The number of anilines is 1. The number of nitrogens with one attached hydrogen (secondary N) is 3. The Bertz CT molecular complexity index is 1070. The molecule has 0 aromatic heterocycles. The predicted molar refractivity (Wildman–Crippen MR) is 150 cm³/mol. The van der Waals surface area contributed by atoms with Gasteiger partial charge in [-0.2, -0.15) is 0 Å². The zero-order chi connectivity index (χ0) is 25.9. The molecule has 0 radical (unpaired) electrons. The smallest absolute Gasteiger partial charge is 0.319 e. The number of nitrogens with zero attached hydrogens (tertiary/aromatic N) is 1. The monoisotopic (exact) mass is 570 g/mol. The highest BCUT2D eigenvalue weighted by Crippen LogP contribution is 2.25. The summed E-state index contributed by atoms with van der Waals surface area (Å²) >= 11 is 24.0. The minimum atomic E-state index is -0.272. The molecule has 1 aliphatic heterocycles. The summed E-state index contributed by atoms with van der Waals surface area (Å²) in [7, 11) is 0. The molecule has 1 saturated heterocycles. The summed E-state index contributed by atoms with van der Waals surface area (Å²) in [5, 5.41) is 10.6.